The Morgan fingerprint density at radius 3 is 2.29 bits per heavy atom. The second-order valence-electron chi connectivity index (χ2n) is 9.16. The highest BCUT2D eigenvalue weighted by Crippen LogP contribution is 2.29. The van der Waals surface area contributed by atoms with Crippen molar-refractivity contribution in [3.05, 3.63) is 60.8 Å². The number of rotatable bonds is 7. The van der Waals surface area contributed by atoms with Crippen LogP contribution in [-0.4, -0.2) is 53.0 Å². The fraction of sp³-hybridized carbons (Fsp3) is 0.370. The van der Waals surface area contributed by atoms with Crippen molar-refractivity contribution in [3.63, 3.8) is 0 Å². The molecule has 0 unspecified atom stereocenters. The standard InChI is InChI=1S/C27H32N6OS/c1-20(34)29-21-6-10-25(11-7-21)35-26-12-15-28-27(31-26)30-22-4-8-23(9-5-22)33-18-13-24(14-19-33)32-16-2-3-17-32/h4-12,15,24H,2-3,13-14,16-19H2,1H3,(H,29,34)(H,28,30,31). The maximum atomic E-state index is 11.2. The van der Waals surface area contributed by atoms with Crippen LogP contribution >= 0.6 is 11.8 Å². The Labute approximate surface area is 211 Å². The first-order valence-corrected chi connectivity index (χ1v) is 13.2. The zero-order chi connectivity index (χ0) is 24.0. The summed E-state index contributed by atoms with van der Waals surface area (Å²) in [6, 6.07) is 19.0. The van der Waals surface area contributed by atoms with Crippen molar-refractivity contribution >= 4 is 40.7 Å². The minimum Gasteiger partial charge on any atom is -0.371 e. The predicted molar refractivity (Wildman–Crippen MR) is 143 cm³/mol. The molecule has 0 atom stereocenters. The number of benzene rings is 2. The average molecular weight is 489 g/mol. The van der Waals surface area contributed by atoms with Gasteiger partial charge in [-0.3, -0.25) is 4.79 Å². The van der Waals surface area contributed by atoms with Gasteiger partial charge in [-0.05, 0) is 93.4 Å². The van der Waals surface area contributed by atoms with Crippen LogP contribution in [0.5, 0.6) is 0 Å². The van der Waals surface area contributed by atoms with E-state index in [0.717, 1.165) is 40.4 Å². The summed E-state index contributed by atoms with van der Waals surface area (Å²) in [6.07, 6.45) is 7.02. The molecule has 0 spiro atoms. The van der Waals surface area contributed by atoms with Crippen molar-refractivity contribution in [1.82, 2.24) is 14.9 Å². The number of piperidine rings is 1. The molecule has 0 aliphatic carbocycles. The topological polar surface area (TPSA) is 73.4 Å². The SMILES string of the molecule is CC(=O)Nc1ccc(Sc2ccnc(Nc3ccc(N4CCC(N5CCCC5)CC4)cc3)n2)cc1. The highest BCUT2D eigenvalue weighted by molar-refractivity contribution is 7.99. The van der Waals surface area contributed by atoms with E-state index in [1.807, 2.05) is 30.3 Å². The molecule has 35 heavy (non-hydrogen) atoms. The van der Waals surface area contributed by atoms with E-state index >= 15 is 0 Å². The van der Waals surface area contributed by atoms with Gasteiger partial charge in [0.15, 0.2) is 0 Å². The van der Waals surface area contributed by atoms with Gasteiger partial charge >= 0.3 is 0 Å². The molecule has 1 amide bonds. The monoisotopic (exact) mass is 488 g/mol. The molecule has 0 saturated carbocycles. The van der Waals surface area contributed by atoms with E-state index in [2.05, 4.69) is 54.7 Å². The molecule has 3 heterocycles. The predicted octanol–water partition coefficient (Wildman–Crippen LogP) is 5.39. The molecule has 2 N–H and O–H groups in total. The Hall–Kier alpha value is -3.10. The quantitative estimate of drug-likeness (QED) is 0.432. The van der Waals surface area contributed by atoms with Crippen LogP contribution in [0.1, 0.15) is 32.6 Å². The average Bonchev–Trinajstić information content (AvgIpc) is 3.41. The molecule has 0 bridgehead atoms. The number of hydrogen-bond acceptors (Lipinski definition) is 7. The van der Waals surface area contributed by atoms with E-state index in [9.17, 15) is 4.79 Å². The molecule has 0 radical (unpaired) electrons. The van der Waals surface area contributed by atoms with Crippen molar-refractivity contribution in [1.29, 1.82) is 0 Å². The number of nitrogens with zero attached hydrogens (tertiary/aromatic N) is 4. The molecule has 1 aromatic heterocycles. The summed E-state index contributed by atoms with van der Waals surface area (Å²) in [6.45, 7) is 6.34. The normalized spacial score (nSPS) is 16.9. The van der Waals surface area contributed by atoms with Gasteiger partial charge < -0.3 is 20.4 Å². The Morgan fingerprint density at radius 2 is 1.60 bits per heavy atom. The number of aromatic nitrogens is 2. The molecule has 182 valence electrons. The number of nitrogens with one attached hydrogen (secondary N) is 2. The van der Waals surface area contributed by atoms with Crippen LogP contribution in [0, 0.1) is 0 Å². The third-order valence-corrected chi connectivity index (χ3v) is 7.58. The van der Waals surface area contributed by atoms with Gasteiger partial charge in [0, 0.05) is 54.2 Å². The minimum absolute atomic E-state index is 0.0768. The second kappa shape index (κ2) is 11.1. The first kappa shape index (κ1) is 23.6. The molecule has 2 aliphatic rings. The van der Waals surface area contributed by atoms with E-state index in [4.69, 9.17) is 0 Å². The molecule has 8 heteroatoms. The molecule has 3 aromatic rings. The maximum absolute atomic E-state index is 11.2. The van der Waals surface area contributed by atoms with Crippen LogP contribution in [0.4, 0.5) is 23.0 Å². The Bertz CT molecular complexity index is 1120. The van der Waals surface area contributed by atoms with Gasteiger partial charge in [-0.15, -0.1) is 0 Å². The van der Waals surface area contributed by atoms with Crippen LogP contribution in [-0.2, 0) is 4.79 Å². The molecule has 5 rings (SSSR count). The second-order valence-corrected chi connectivity index (χ2v) is 10.3. The smallest absolute Gasteiger partial charge is 0.228 e. The van der Waals surface area contributed by atoms with Crippen molar-refractivity contribution in [2.24, 2.45) is 0 Å². The van der Waals surface area contributed by atoms with Gasteiger partial charge in [-0.25, -0.2) is 9.97 Å². The highest BCUT2D eigenvalue weighted by atomic mass is 32.2. The molecule has 2 fully saturated rings. The van der Waals surface area contributed by atoms with E-state index in [1.54, 1.807) is 18.0 Å². The summed E-state index contributed by atoms with van der Waals surface area (Å²) in [5.74, 6) is 0.496. The van der Waals surface area contributed by atoms with Crippen LogP contribution in [0.25, 0.3) is 0 Å². The zero-order valence-electron chi connectivity index (χ0n) is 20.1. The van der Waals surface area contributed by atoms with Gasteiger partial charge in [0.05, 0.1) is 0 Å². The molecular weight excluding hydrogens is 456 g/mol. The molecular formula is C27H32N6OS. The zero-order valence-corrected chi connectivity index (χ0v) is 20.9. The highest BCUT2D eigenvalue weighted by Gasteiger charge is 2.26. The minimum atomic E-state index is -0.0768. The van der Waals surface area contributed by atoms with Gasteiger partial charge in [-0.2, -0.15) is 0 Å². The number of carbonyl (C=O) groups is 1. The number of amides is 1. The van der Waals surface area contributed by atoms with Crippen molar-refractivity contribution in [2.45, 2.75) is 48.6 Å². The molecule has 2 aliphatic heterocycles. The lowest BCUT2D eigenvalue weighted by Crippen LogP contribution is -2.43. The van der Waals surface area contributed by atoms with Crippen LogP contribution in [0.2, 0.25) is 0 Å². The lowest BCUT2D eigenvalue weighted by Gasteiger charge is -2.37. The van der Waals surface area contributed by atoms with Gasteiger partial charge in [-0.1, -0.05) is 11.8 Å². The van der Waals surface area contributed by atoms with Crippen molar-refractivity contribution < 1.29 is 4.79 Å². The first-order valence-electron chi connectivity index (χ1n) is 12.4. The summed E-state index contributed by atoms with van der Waals surface area (Å²) in [7, 11) is 0. The van der Waals surface area contributed by atoms with Gasteiger partial charge in [0.2, 0.25) is 11.9 Å². The molecule has 7 nitrogen and oxygen atoms in total. The summed E-state index contributed by atoms with van der Waals surface area (Å²) in [4.78, 5) is 26.5. The third kappa shape index (κ3) is 6.32. The van der Waals surface area contributed by atoms with Gasteiger partial charge in [0.1, 0.15) is 5.03 Å². The summed E-state index contributed by atoms with van der Waals surface area (Å²) < 4.78 is 0. The van der Waals surface area contributed by atoms with E-state index in [1.165, 1.54) is 51.4 Å². The van der Waals surface area contributed by atoms with E-state index in [-0.39, 0.29) is 5.91 Å². The van der Waals surface area contributed by atoms with Gasteiger partial charge in [0.25, 0.3) is 0 Å². The van der Waals surface area contributed by atoms with Crippen molar-refractivity contribution in [3.8, 4) is 0 Å². The van der Waals surface area contributed by atoms with Crippen LogP contribution in [0.3, 0.4) is 0 Å². The van der Waals surface area contributed by atoms with E-state index < -0.39 is 0 Å². The first-order chi connectivity index (χ1) is 17.1. The third-order valence-electron chi connectivity index (χ3n) is 6.64. The summed E-state index contributed by atoms with van der Waals surface area (Å²) in [5, 5.41) is 6.96. The fourth-order valence-corrected chi connectivity index (χ4v) is 5.64. The summed E-state index contributed by atoms with van der Waals surface area (Å²) in [5.41, 5.74) is 3.04. The lowest BCUT2D eigenvalue weighted by atomic mass is 10.0. The number of carbonyl (C=O) groups excluding carboxylic acids is 1. The van der Waals surface area contributed by atoms with E-state index in [0.29, 0.717) is 5.95 Å². The Morgan fingerprint density at radius 1 is 0.914 bits per heavy atom. The molecule has 2 saturated heterocycles. The number of anilines is 4. The Kier molecular flexibility index (Phi) is 7.49. The van der Waals surface area contributed by atoms with Crippen LogP contribution < -0.4 is 15.5 Å². The van der Waals surface area contributed by atoms with Crippen LogP contribution in [0.15, 0.2) is 70.7 Å². The summed E-state index contributed by atoms with van der Waals surface area (Å²) >= 11 is 1.56. The lowest BCUT2D eigenvalue weighted by molar-refractivity contribution is -0.114. The molecule has 2 aromatic carbocycles. The maximum Gasteiger partial charge on any atom is 0.228 e. The number of hydrogen-bond donors (Lipinski definition) is 2. The fourth-order valence-electron chi connectivity index (χ4n) is 4.87. The Balaban J connectivity index is 1.15. The van der Waals surface area contributed by atoms with Crippen molar-refractivity contribution in [2.75, 3.05) is 41.7 Å². The number of likely N-dealkylation sites (tertiary alicyclic amines) is 1. The largest absolute Gasteiger partial charge is 0.371 e.